The van der Waals surface area contributed by atoms with Crippen LogP contribution >= 0.6 is 0 Å². The highest BCUT2D eigenvalue weighted by atomic mass is 16.5. The van der Waals surface area contributed by atoms with Gasteiger partial charge in [0, 0.05) is 31.2 Å². The summed E-state index contributed by atoms with van der Waals surface area (Å²) in [6.45, 7) is 1.33. The fraction of sp³-hybridized carbons (Fsp3) is 0.269. The van der Waals surface area contributed by atoms with Gasteiger partial charge in [-0.1, -0.05) is 48.5 Å². The number of ether oxygens (including phenoxy) is 1. The molecule has 7 heteroatoms. The van der Waals surface area contributed by atoms with Gasteiger partial charge in [0.25, 0.3) is 0 Å². The Bertz CT molecular complexity index is 1150. The van der Waals surface area contributed by atoms with Gasteiger partial charge in [-0.25, -0.2) is 14.6 Å². The van der Waals surface area contributed by atoms with E-state index in [4.69, 9.17) is 4.74 Å². The van der Waals surface area contributed by atoms with Crippen molar-refractivity contribution in [2.24, 2.45) is 0 Å². The normalized spacial score (nSPS) is 16.8. The SMILES string of the molecule is O=C(NC[C@@H]1CCCN1c1ncccc1C(=O)O)OCC1c2ccccc2-c2ccccc21. The number of aromatic carboxylic acids is 1. The Labute approximate surface area is 192 Å². The van der Waals surface area contributed by atoms with Crippen LogP contribution in [0.4, 0.5) is 10.6 Å². The molecule has 0 saturated carbocycles. The molecule has 1 atom stereocenters. The zero-order valence-electron chi connectivity index (χ0n) is 18.1. The number of alkyl carbamates (subject to hydrolysis) is 1. The quantitative estimate of drug-likeness (QED) is 0.591. The Morgan fingerprint density at radius 1 is 1.03 bits per heavy atom. The molecule has 1 aromatic heterocycles. The van der Waals surface area contributed by atoms with Crippen LogP contribution in [0.1, 0.15) is 40.2 Å². The molecule has 0 spiro atoms. The van der Waals surface area contributed by atoms with Crippen molar-refractivity contribution in [3.63, 3.8) is 0 Å². The van der Waals surface area contributed by atoms with E-state index in [-0.39, 0.29) is 24.1 Å². The molecule has 0 unspecified atom stereocenters. The van der Waals surface area contributed by atoms with Crippen LogP contribution in [0, 0.1) is 0 Å². The monoisotopic (exact) mass is 443 g/mol. The number of hydrogen-bond donors (Lipinski definition) is 2. The first kappa shape index (κ1) is 21.0. The average molecular weight is 444 g/mol. The van der Waals surface area contributed by atoms with E-state index >= 15 is 0 Å². The Morgan fingerprint density at radius 2 is 1.73 bits per heavy atom. The van der Waals surface area contributed by atoms with E-state index in [1.807, 2.05) is 29.2 Å². The molecule has 33 heavy (non-hydrogen) atoms. The van der Waals surface area contributed by atoms with Crippen molar-refractivity contribution in [1.29, 1.82) is 0 Å². The molecule has 3 aromatic rings. The molecule has 1 aliphatic heterocycles. The first-order valence-electron chi connectivity index (χ1n) is 11.2. The summed E-state index contributed by atoms with van der Waals surface area (Å²) in [4.78, 5) is 30.4. The number of amides is 1. The zero-order chi connectivity index (χ0) is 22.8. The number of anilines is 1. The molecule has 2 aromatic carbocycles. The number of hydrogen-bond acceptors (Lipinski definition) is 5. The lowest BCUT2D eigenvalue weighted by Gasteiger charge is -2.27. The maximum Gasteiger partial charge on any atom is 0.407 e. The Hall–Kier alpha value is -3.87. The number of carboxylic acid groups (broad SMARTS) is 1. The lowest BCUT2D eigenvalue weighted by Crippen LogP contribution is -2.41. The van der Waals surface area contributed by atoms with Crippen molar-refractivity contribution in [2.45, 2.75) is 24.8 Å². The van der Waals surface area contributed by atoms with Gasteiger partial charge in [-0.3, -0.25) is 0 Å². The van der Waals surface area contributed by atoms with Gasteiger partial charge in [0.1, 0.15) is 18.0 Å². The van der Waals surface area contributed by atoms with Crippen LogP contribution in [0.2, 0.25) is 0 Å². The molecule has 1 aliphatic carbocycles. The number of fused-ring (bicyclic) bond motifs is 3. The number of benzene rings is 2. The van der Waals surface area contributed by atoms with Gasteiger partial charge in [-0.15, -0.1) is 0 Å². The van der Waals surface area contributed by atoms with Gasteiger partial charge in [-0.2, -0.15) is 0 Å². The third kappa shape index (κ3) is 4.02. The summed E-state index contributed by atoms with van der Waals surface area (Å²) in [6, 6.07) is 19.6. The highest BCUT2D eigenvalue weighted by molar-refractivity contribution is 5.93. The van der Waals surface area contributed by atoms with Crippen LogP contribution in [0.3, 0.4) is 0 Å². The molecule has 1 fully saturated rings. The zero-order valence-corrected chi connectivity index (χ0v) is 18.1. The van der Waals surface area contributed by atoms with Crippen LogP contribution in [-0.2, 0) is 4.74 Å². The minimum atomic E-state index is -1.01. The number of pyridine rings is 1. The van der Waals surface area contributed by atoms with Crippen molar-refractivity contribution in [3.8, 4) is 11.1 Å². The number of rotatable bonds is 6. The second kappa shape index (κ2) is 8.94. The predicted octanol–water partition coefficient (Wildman–Crippen LogP) is 4.29. The highest BCUT2D eigenvalue weighted by Gasteiger charge is 2.31. The van der Waals surface area contributed by atoms with Crippen molar-refractivity contribution in [3.05, 3.63) is 83.6 Å². The minimum absolute atomic E-state index is 0.0118. The van der Waals surface area contributed by atoms with Gasteiger partial charge in [0.2, 0.25) is 0 Å². The summed E-state index contributed by atoms with van der Waals surface area (Å²) in [6.07, 6.45) is 2.88. The van der Waals surface area contributed by atoms with Crippen LogP contribution in [-0.4, -0.2) is 47.9 Å². The number of nitrogens with one attached hydrogen (secondary N) is 1. The number of carbonyl (C=O) groups is 2. The molecule has 2 aliphatic rings. The average Bonchev–Trinajstić information content (AvgIpc) is 3.44. The summed E-state index contributed by atoms with van der Waals surface area (Å²) < 4.78 is 5.62. The fourth-order valence-electron chi connectivity index (χ4n) is 4.97. The van der Waals surface area contributed by atoms with E-state index in [0.29, 0.717) is 18.9 Å². The van der Waals surface area contributed by atoms with Crippen LogP contribution < -0.4 is 10.2 Å². The Kier molecular flexibility index (Phi) is 5.69. The number of nitrogens with zero attached hydrogens (tertiary/aromatic N) is 2. The van der Waals surface area contributed by atoms with Crippen molar-refractivity contribution in [2.75, 3.05) is 24.6 Å². The third-order valence-electron chi connectivity index (χ3n) is 6.49. The third-order valence-corrected chi connectivity index (χ3v) is 6.49. The molecular weight excluding hydrogens is 418 g/mol. The predicted molar refractivity (Wildman–Crippen MR) is 125 cm³/mol. The highest BCUT2D eigenvalue weighted by Crippen LogP contribution is 2.44. The summed E-state index contributed by atoms with van der Waals surface area (Å²) >= 11 is 0. The van der Waals surface area contributed by atoms with Gasteiger partial charge in [0.15, 0.2) is 0 Å². The largest absolute Gasteiger partial charge is 0.478 e. The first-order chi connectivity index (χ1) is 16.1. The van der Waals surface area contributed by atoms with E-state index in [2.05, 4.69) is 34.6 Å². The second-order valence-electron chi connectivity index (χ2n) is 8.38. The Morgan fingerprint density at radius 3 is 2.42 bits per heavy atom. The van der Waals surface area contributed by atoms with Gasteiger partial charge in [-0.05, 0) is 47.2 Å². The van der Waals surface area contributed by atoms with E-state index in [1.54, 1.807) is 18.3 Å². The number of carboxylic acids is 1. The molecule has 2 heterocycles. The first-order valence-corrected chi connectivity index (χ1v) is 11.2. The summed E-state index contributed by atoms with van der Waals surface area (Å²) in [7, 11) is 0. The fourth-order valence-corrected chi connectivity index (χ4v) is 4.97. The molecule has 2 N–H and O–H groups in total. The summed E-state index contributed by atoms with van der Waals surface area (Å²) in [5.74, 6) is -0.548. The molecular formula is C26H25N3O4. The molecule has 1 saturated heterocycles. The number of aromatic nitrogens is 1. The summed E-state index contributed by atoms with van der Waals surface area (Å²) in [5, 5.41) is 12.4. The van der Waals surface area contributed by atoms with E-state index in [0.717, 1.165) is 12.8 Å². The topological polar surface area (TPSA) is 91.8 Å². The summed E-state index contributed by atoms with van der Waals surface area (Å²) in [5.41, 5.74) is 4.89. The maximum absolute atomic E-state index is 12.5. The standard InChI is InChI=1S/C26H25N3O4/c30-25(31)22-12-5-13-27-24(22)29-14-6-7-17(29)15-28-26(32)33-16-23-20-10-3-1-8-18(20)19-9-2-4-11-21(19)23/h1-5,8-13,17,23H,6-7,14-16H2,(H,28,32)(H,30,31)/t17-/m0/s1. The van der Waals surface area contributed by atoms with Crippen LogP contribution in [0.15, 0.2) is 66.9 Å². The molecule has 7 nitrogen and oxygen atoms in total. The lowest BCUT2D eigenvalue weighted by atomic mass is 9.98. The number of carbonyl (C=O) groups excluding carboxylic acids is 1. The van der Waals surface area contributed by atoms with E-state index in [9.17, 15) is 14.7 Å². The Balaban J connectivity index is 1.22. The molecule has 0 bridgehead atoms. The maximum atomic E-state index is 12.5. The lowest BCUT2D eigenvalue weighted by molar-refractivity contribution is 0.0697. The molecule has 0 radical (unpaired) electrons. The smallest absolute Gasteiger partial charge is 0.407 e. The molecule has 5 rings (SSSR count). The van der Waals surface area contributed by atoms with Crippen molar-refractivity contribution >= 4 is 17.9 Å². The van der Waals surface area contributed by atoms with Crippen LogP contribution in [0.5, 0.6) is 0 Å². The van der Waals surface area contributed by atoms with Gasteiger partial charge in [0.05, 0.1) is 0 Å². The second-order valence-corrected chi connectivity index (χ2v) is 8.38. The minimum Gasteiger partial charge on any atom is -0.478 e. The van der Waals surface area contributed by atoms with E-state index in [1.165, 1.54) is 22.3 Å². The molecule has 1 amide bonds. The van der Waals surface area contributed by atoms with Gasteiger partial charge < -0.3 is 20.1 Å². The van der Waals surface area contributed by atoms with E-state index < -0.39 is 12.1 Å². The van der Waals surface area contributed by atoms with Crippen LogP contribution in [0.25, 0.3) is 11.1 Å². The van der Waals surface area contributed by atoms with Crippen molar-refractivity contribution < 1.29 is 19.4 Å². The molecule has 168 valence electrons. The van der Waals surface area contributed by atoms with Crippen molar-refractivity contribution in [1.82, 2.24) is 10.3 Å². The van der Waals surface area contributed by atoms with Gasteiger partial charge >= 0.3 is 12.1 Å².